The monoisotopic (exact) mass is 485 g/mol. The Morgan fingerprint density at radius 3 is 2.32 bits per heavy atom. The zero-order chi connectivity index (χ0) is 25.8. The number of carboxylic acid groups (broad SMARTS) is 2. The molecule has 0 saturated carbocycles. The number of nitrogens with two attached hydrogens (primary N) is 2. The number of amides is 3. The van der Waals surface area contributed by atoms with Crippen molar-refractivity contribution in [3.63, 3.8) is 0 Å². The summed E-state index contributed by atoms with van der Waals surface area (Å²) in [6, 6.07) is -3.94. The molecule has 12 nitrogen and oxygen atoms in total. The van der Waals surface area contributed by atoms with E-state index in [2.05, 4.69) is 10.6 Å². The summed E-state index contributed by atoms with van der Waals surface area (Å²) in [5.41, 5.74) is 11.4. The lowest BCUT2D eigenvalue weighted by atomic mass is 9.96. The van der Waals surface area contributed by atoms with Gasteiger partial charge in [0.1, 0.15) is 18.1 Å². The van der Waals surface area contributed by atoms with Crippen LogP contribution in [0, 0.1) is 5.92 Å². The highest BCUT2D eigenvalue weighted by Gasteiger charge is 2.40. The van der Waals surface area contributed by atoms with E-state index in [0.29, 0.717) is 38.6 Å². The molecule has 34 heavy (non-hydrogen) atoms. The molecule has 0 bridgehead atoms. The van der Waals surface area contributed by atoms with E-state index in [-0.39, 0.29) is 18.9 Å². The van der Waals surface area contributed by atoms with Crippen LogP contribution in [0.4, 0.5) is 0 Å². The van der Waals surface area contributed by atoms with Gasteiger partial charge in [-0.3, -0.25) is 19.2 Å². The Morgan fingerprint density at radius 1 is 1.09 bits per heavy atom. The molecule has 5 unspecified atom stereocenters. The van der Waals surface area contributed by atoms with Crippen molar-refractivity contribution in [2.75, 3.05) is 13.1 Å². The Labute approximate surface area is 199 Å². The van der Waals surface area contributed by atoms with Crippen molar-refractivity contribution < 1.29 is 34.2 Å². The van der Waals surface area contributed by atoms with Gasteiger partial charge in [0.05, 0.1) is 6.04 Å². The van der Waals surface area contributed by atoms with Crippen LogP contribution in [-0.2, 0) is 24.0 Å². The Hall–Kier alpha value is -2.73. The predicted octanol–water partition coefficient (Wildman–Crippen LogP) is -0.601. The zero-order valence-corrected chi connectivity index (χ0v) is 20.0. The fourth-order valence-corrected chi connectivity index (χ4v) is 3.86. The molecule has 1 aliphatic rings. The lowest BCUT2D eigenvalue weighted by Crippen LogP contribution is -2.58. The lowest BCUT2D eigenvalue weighted by Gasteiger charge is -2.32. The smallest absolute Gasteiger partial charge is 0.326 e. The normalized spacial score (nSPS) is 19.1. The van der Waals surface area contributed by atoms with E-state index in [9.17, 15) is 29.1 Å². The number of hydrogen-bond acceptors (Lipinski definition) is 7. The molecular formula is C22H39N5O7. The summed E-state index contributed by atoms with van der Waals surface area (Å²) < 4.78 is 0. The number of unbranched alkanes of at least 4 members (excludes halogenated alkanes) is 1. The second kappa shape index (κ2) is 14.5. The fraction of sp³-hybridized carbons (Fsp3) is 0.773. The van der Waals surface area contributed by atoms with E-state index in [1.165, 1.54) is 4.90 Å². The SMILES string of the molecule is CCC(C)C(NC(=O)C(N)CCCCN)C(=O)N1CCCC1C(=O)NC(CCC(=O)O)C(=O)O. The number of carboxylic acids is 2. The standard InChI is InChI=1S/C22H39N5O7/c1-3-13(2)18(26-19(30)14(24)7-4-5-11-23)21(32)27-12-6-8-16(27)20(31)25-15(22(33)34)9-10-17(28)29/h13-16,18H,3-12,23-24H2,1-2H3,(H,25,31)(H,26,30)(H,28,29)(H,33,34). The molecule has 0 aromatic heterocycles. The third kappa shape index (κ3) is 8.90. The minimum atomic E-state index is -1.38. The summed E-state index contributed by atoms with van der Waals surface area (Å²) in [5.74, 6) is -4.27. The first-order valence-corrected chi connectivity index (χ1v) is 11.8. The van der Waals surface area contributed by atoms with Gasteiger partial charge in [0, 0.05) is 13.0 Å². The summed E-state index contributed by atoms with van der Waals surface area (Å²) in [4.78, 5) is 62.4. The lowest BCUT2D eigenvalue weighted by molar-refractivity contribution is -0.146. The number of carbonyl (C=O) groups excluding carboxylic acids is 3. The van der Waals surface area contributed by atoms with Gasteiger partial charge >= 0.3 is 11.9 Å². The van der Waals surface area contributed by atoms with Crippen LogP contribution < -0.4 is 22.1 Å². The number of likely N-dealkylation sites (tertiary alicyclic amines) is 1. The molecule has 1 fully saturated rings. The molecule has 12 heteroatoms. The molecule has 0 aliphatic carbocycles. The molecule has 0 aromatic rings. The average Bonchev–Trinajstić information content (AvgIpc) is 3.28. The molecule has 1 heterocycles. The van der Waals surface area contributed by atoms with Gasteiger partial charge in [-0.25, -0.2) is 4.79 Å². The number of nitrogens with zero attached hydrogens (tertiary/aromatic N) is 1. The third-order valence-electron chi connectivity index (χ3n) is 6.18. The number of hydrogen-bond donors (Lipinski definition) is 6. The highest BCUT2D eigenvalue weighted by atomic mass is 16.4. The van der Waals surface area contributed by atoms with E-state index in [4.69, 9.17) is 16.6 Å². The van der Waals surface area contributed by atoms with Crippen molar-refractivity contribution in [1.82, 2.24) is 15.5 Å². The molecule has 0 aromatic carbocycles. The van der Waals surface area contributed by atoms with Crippen molar-refractivity contribution in [2.45, 2.75) is 89.4 Å². The van der Waals surface area contributed by atoms with Gasteiger partial charge in [-0.05, 0) is 44.6 Å². The maximum absolute atomic E-state index is 13.4. The van der Waals surface area contributed by atoms with E-state index in [0.717, 1.165) is 6.42 Å². The summed E-state index contributed by atoms with van der Waals surface area (Å²) in [6.07, 6.45) is 2.64. The van der Waals surface area contributed by atoms with Gasteiger partial charge in [0.15, 0.2) is 0 Å². The van der Waals surface area contributed by atoms with Crippen molar-refractivity contribution in [1.29, 1.82) is 0 Å². The fourth-order valence-electron chi connectivity index (χ4n) is 3.86. The topological polar surface area (TPSA) is 205 Å². The first-order valence-electron chi connectivity index (χ1n) is 11.8. The van der Waals surface area contributed by atoms with Crippen molar-refractivity contribution in [3.8, 4) is 0 Å². The minimum absolute atomic E-state index is 0.223. The summed E-state index contributed by atoms with van der Waals surface area (Å²) in [6.45, 7) is 4.49. The van der Waals surface area contributed by atoms with Crippen LogP contribution in [0.3, 0.4) is 0 Å². The van der Waals surface area contributed by atoms with E-state index in [1.54, 1.807) is 0 Å². The Bertz CT molecular complexity index is 732. The molecule has 0 spiro atoms. The number of rotatable bonds is 15. The van der Waals surface area contributed by atoms with E-state index in [1.807, 2.05) is 13.8 Å². The second-order valence-electron chi connectivity index (χ2n) is 8.78. The molecular weight excluding hydrogens is 446 g/mol. The van der Waals surface area contributed by atoms with Crippen LogP contribution in [-0.4, -0.2) is 82.0 Å². The van der Waals surface area contributed by atoms with Gasteiger partial charge in [-0.1, -0.05) is 26.7 Å². The van der Waals surface area contributed by atoms with Gasteiger partial charge in [-0.15, -0.1) is 0 Å². The van der Waals surface area contributed by atoms with Crippen molar-refractivity contribution in [3.05, 3.63) is 0 Å². The van der Waals surface area contributed by atoms with Crippen LogP contribution in [0.15, 0.2) is 0 Å². The molecule has 1 rings (SSSR count). The molecule has 3 amide bonds. The maximum atomic E-state index is 13.4. The average molecular weight is 486 g/mol. The van der Waals surface area contributed by atoms with Crippen molar-refractivity contribution in [2.24, 2.45) is 17.4 Å². The first kappa shape index (κ1) is 29.3. The maximum Gasteiger partial charge on any atom is 0.326 e. The highest BCUT2D eigenvalue weighted by Crippen LogP contribution is 2.22. The molecule has 1 saturated heterocycles. The van der Waals surface area contributed by atoms with Gasteiger partial charge in [0.25, 0.3) is 0 Å². The van der Waals surface area contributed by atoms with Gasteiger partial charge in [0.2, 0.25) is 17.7 Å². The van der Waals surface area contributed by atoms with Crippen LogP contribution in [0.25, 0.3) is 0 Å². The Balaban J connectivity index is 2.91. The van der Waals surface area contributed by atoms with Gasteiger partial charge in [-0.2, -0.15) is 0 Å². The van der Waals surface area contributed by atoms with Crippen molar-refractivity contribution >= 4 is 29.7 Å². The number of nitrogens with one attached hydrogen (secondary N) is 2. The van der Waals surface area contributed by atoms with Crippen LogP contribution in [0.2, 0.25) is 0 Å². The first-order chi connectivity index (χ1) is 16.0. The second-order valence-corrected chi connectivity index (χ2v) is 8.78. The summed E-state index contributed by atoms with van der Waals surface area (Å²) in [5, 5.41) is 23.2. The summed E-state index contributed by atoms with van der Waals surface area (Å²) >= 11 is 0. The van der Waals surface area contributed by atoms with Crippen LogP contribution in [0.5, 0.6) is 0 Å². The van der Waals surface area contributed by atoms with Crippen LogP contribution in [0.1, 0.15) is 65.2 Å². The Morgan fingerprint density at radius 2 is 1.76 bits per heavy atom. The largest absolute Gasteiger partial charge is 0.481 e. The molecule has 8 N–H and O–H groups in total. The number of carbonyl (C=O) groups is 5. The zero-order valence-electron chi connectivity index (χ0n) is 20.0. The van der Waals surface area contributed by atoms with E-state index >= 15 is 0 Å². The van der Waals surface area contributed by atoms with Gasteiger partial charge < -0.3 is 37.2 Å². The minimum Gasteiger partial charge on any atom is -0.481 e. The van der Waals surface area contributed by atoms with E-state index < -0.39 is 60.2 Å². The molecule has 0 radical (unpaired) electrons. The highest BCUT2D eigenvalue weighted by molar-refractivity contribution is 5.94. The predicted molar refractivity (Wildman–Crippen MR) is 123 cm³/mol. The van der Waals surface area contributed by atoms with Crippen LogP contribution >= 0.6 is 0 Å². The quantitative estimate of drug-likeness (QED) is 0.163. The Kier molecular flexibility index (Phi) is 12.5. The third-order valence-corrected chi connectivity index (χ3v) is 6.18. The number of aliphatic carboxylic acids is 2. The molecule has 194 valence electrons. The molecule has 1 aliphatic heterocycles. The molecule has 5 atom stereocenters. The summed E-state index contributed by atoms with van der Waals surface area (Å²) in [7, 11) is 0.